The number of rotatable bonds is 2. The van der Waals surface area contributed by atoms with Crippen LogP contribution in [0.2, 0.25) is 5.15 Å². The Kier molecular flexibility index (Phi) is 3.45. The highest BCUT2D eigenvalue weighted by molar-refractivity contribution is 7.98. The van der Waals surface area contributed by atoms with Gasteiger partial charge in [0.15, 0.2) is 0 Å². The molecule has 0 fully saturated rings. The number of pyridine rings is 1. The molecule has 0 unspecified atom stereocenters. The highest BCUT2D eigenvalue weighted by Crippen LogP contribution is 2.34. The highest BCUT2D eigenvalue weighted by Gasteiger charge is 2.07. The van der Waals surface area contributed by atoms with E-state index in [4.69, 9.17) is 11.6 Å². The van der Waals surface area contributed by atoms with E-state index >= 15 is 0 Å². The molecule has 94 valence electrons. The lowest BCUT2D eigenvalue weighted by Crippen LogP contribution is -1.85. The first-order valence-electron chi connectivity index (χ1n) is 5.96. The topological polar surface area (TPSA) is 12.9 Å². The second kappa shape index (κ2) is 5.24. The third-order valence-electron chi connectivity index (χ3n) is 3.11. The van der Waals surface area contributed by atoms with Crippen LogP contribution in [0.15, 0.2) is 59.6 Å². The van der Waals surface area contributed by atoms with Gasteiger partial charge in [0.05, 0.1) is 0 Å². The second-order valence-electron chi connectivity index (χ2n) is 4.27. The molecule has 0 spiro atoms. The predicted molar refractivity (Wildman–Crippen MR) is 84.0 cm³/mol. The van der Waals surface area contributed by atoms with Crippen LogP contribution in [0.3, 0.4) is 0 Å². The van der Waals surface area contributed by atoms with Gasteiger partial charge in [0.2, 0.25) is 0 Å². The molecule has 0 radical (unpaired) electrons. The standard InChI is InChI=1S/C16H12ClNS/c1-19-15-9-12-5-3-2-4-11(12)8-14(15)13-6-7-18-16(17)10-13/h2-10H,1H3. The van der Waals surface area contributed by atoms with E-state index in [9.17, 15) is 0 Å². The van der Waals surface area contributed by atoms with Crippen molar-refractivity contribution in [2.24, 2.45) is 0 Å². The molecule has 0 aliphatic carbocycles. The van der Waals surface area contributed by atoms with Gasteiger partial charge in [-0.1, -0.05) is 35.9 Å². The molecule has 19 heavy (non-hydrogen) atoms. The van der Waals surface area contributed by atoms with Gasteiger partial charge in [-0.2, -0.15) is 0 Å². The van der Waals surface area contributed by atoms with Gasteiger partial charge >= 0.3 is 0 Å². The van der Waals surface area contributed by atoms with Gasteiger partial charge in [-0.15, -0.1) is 11.8 Å². The Labute approximate surface area is 121 Å². The highest BCUT2D eigenvalue weighted by atomic mass is 35.5. The summed E-state index contributed by atoms with van der Waals surface area (Å²) in [5.41, 5.74) is 2.31. The largest absolute Gasteiger partial charge is 0.245 e. The molecule has 0 amide bonds. The van der Waals surface area contributed by atoms with Crippen molar-refractivity contribution in [3.05, 3.63) is 59.9 Å². The van der Waals surface area contributed by atoms with Crippen molar-refractivity contribution in [2.45, 2.75) is 4.90 Å². The summed E-state index contributed by atoms with van der Waals surface area (Å²) in [6.07, 6.45) is 3.84. The zero-order valence-corrected chi connectivity index (χ0v) is 12.0. The third-order valence-corrected chi connectivity index (χ3v) is 4.09. The minimum atomic E-state index is 0.526. The summed E-state index contributed by atoms with van der Waals surface area (Å²) in [6.45, 7) is 0. The summed E-state index contributed by atoms with van der Waals surface area (Å²) in [5.74, 6) is 0. The van der Waals surface area contributed by atoms with Crippen LogP contribution < -0.4 is 0 Å². The minimum absolute atomic E-state index is 0.526. The van der Waals surface area contributed by atoms with Crippen LogP contribution in [-0.2, 0) is 0 Å². The zero-order valence-electron chi connectivity index (χ0n) is 10.4. The van der Waals surface area contributed by atoms with E-state index in [0.717, 1.165) is 5.56 Å². The number of halogens is 1. The van der Waals surface area contributed by atoms with Crippen molar-refractivity contribution < 1.29 is 0 Å². The fraction of sp³-hybridized carbons (Fsp3) is 0.0625. The van der Waals surface area contributed by atoms with Crippen LogP contribution in [0, 0.1) is 0 Å². The van der Waals surface area contributed by atoms with Crippen molar-refractivity contribution in [2.75, 3.05) is 6.26 Å². The summed E-state index contributed by atoms with van der Waals surface area (Å²) in [6, 6.07) is 16.7. The molecule has 0 saturated heterocycles. The first kappa shape index (κ1) is 12.5. The Morgan fingerprint density at radius 1 is 1.00 bits per heavy atom. The number of aromatic nitrogens is 1. The van der Waals surface area contributed by atoms with Crippen molar-refractivity contribution in [3.63, 3.8) is 0 Å². The fourth-order valence-electron chi connectivity index (χ4n) is 2.18. The van der Waals surface area contributed by atoms with Crippen molar-refractivity contribution >= 4 is 34.1 Å². The van der Waals surface area contributed by atoms with Gasteiger partial charge in [0.1, 0.15) is 5.15 Å². The molecule has 3 rings (SSSR count). The Morgan fingerprint density at radius 3 is 2.42 bits per heavy atom. The van der Waals surface area contributed by atoms with E-state index in [1.54, 1.807) is 18.0 Å². The molecule has 1 aromatic heterocycles. The van der Waals surface area contributed by atoms with E-state index < -0.39 is 0 Å². The number of thioether (sulfide) groups is 1. The molecular weight excluding hydrogens is 274 g/mol. The lowest BCUT2D eigenvalue weighted by molar-refractivity contribution is 1.32. The van der Waals surface area contributed by atoms with Crippen molar-refractivity contribution in [1.29, 1.82) is 0 Å². The molecule has 2 aromatic carbocycles. The molecule has 1 heterocycles. The molecule has 0 N–H and O–H groups in total. The minimum Gasteiger partial charge on any atom is -0.245 e. The number of benzene rings is 2. The maximum atomic E-state index is 5.99. The van der Waals surface area contributed by atoms with Crippen molar-refractivity contribution in [3.8, 4) is 11.1 Å². The quantitative estimate of drug-likeness (QED) is 0.469. The molecular formula is C16H12ClNS. The van der Waals surface area contributed by atoms with E-state index in [1.807, 2.05) is 12.1 Å². The summed E-state index contributed by atoms with van der Waals surface area (Å²) in [5, 5.41) is 3.02. The average Bonchev–Trinajstić information content (AvgIpc) is 2.46. The molecule has 3 aromatic rings. The van der Waals surface area contributed by atoms with Crippen LogP contribution in [0.25, 0.3) is 21.9 Å². The first-order chi connectivity index (χ1) is 9.28. The fourth-order valence-corrected chi connectivity index (χ4v) is 3.00. The number of fused-ring (bicyclic) bond motifs is 1. The summed E-state index contributed by atoms with van der Waals surface area (Å²) in [7, 11) is 0. The SMILES string of the molecule is CSc1cc2ccccc2cc1-c1ccnc(Cl)c1. The van der Waals surface area contributed by atoms with Crippen LogP contribution >= 0.6 is 23.4 Å². The molecule has 0 aliphatic rings. The maximum absolute atomic E-state index is 5.99. The monoisotopic (exact) mass is 285 g/mol. The van der Waals surface area contributed by atoms with E-state index in [0.29, 0.717) is 5.15 Å². The Bertz CT molecular complexity index is 740. The molecule has 1 nitrogen and oxygen atoms in total. The molecule has 0 atom stereocenters. The average molecular weight is 286 g/mol. The molecule has 0 aliphatic heterocycles. The lowest BCUT2D eigenvalue weighted by atomic mass is 10.0. The molecule has 3 heteroatoms. The zero-order chi connectivity index (χ0) is 13.2. The smallest absolute Gasteiger partial charge is 0.129 e. The Morgan fingerprint density at radius 2 is 1.74 bits per heavy atom. The predicted octanol–water partition coefficient (Wildman–Crippen LogP) is 5.28. The Hall–Kier alpha value is -1.51. The van der Waals surface area contributed by atoms with Gasteiger partial charge in [-0.25, -0.2) is 4.98 Å². The van der Waals surface area contributed by atoms with Crippen LogP contribution in [0.4, 0.5) is 0 Å². The number of hydrogen-bond acceptors (Lipinski definition) is 2. The third kappa shape index (κ3) is 2.46. The Balaban J connectivity index is 2.27. The van der Waals surface area contributed by atoms with Crippen molar-refractivity contribution in [1.82, 2.24) is 4.98 Å². The lowest BCUT2D eigenvalue weighted by Gasteiger charge is -2.10. The number of hydrogen-bond donors (Lipinski definition) is 0. The van der Waals surface area contributed by atoms with Crippen LogP contribution in [-0.4, -0.2) is 11.2 Å². The number of nitrogens with zero attached hydrogens (tertiary/aromatic N) is 1. The summed E-state index contributed by atoms with van der Waals surface area (Å²) < 4.78 is 0. The van der Waals surface area contributed by atoms with Gasteiger partial charge in [0, 0.05) is 11.1 Å². The van der Waals surface area contributed by atoms with E-state index in [-0.39, 0.29) is 0 Å². The van der Waals surface area contributed by atoms with Gasteiger partial charge in [0.25, 0.3) is 0 Å². The van der Waals surface area contributed by atoms with E-state index in [2.05, 4.69) is 47.6 Å². The summed E-state index contributed by atoms with van der Waals surface area (Å²) >= 11 is 7.74. The van der Waals surface area contributed by atoms with Gasteiger partial charge in [-0.3, -0.25) is 0 Å². The molecule has 0 bridgehead atoms. The molecule has 0 saturated carbocycles. The maximum Gasteiger partial charge on any atom is 0.129 e. The summed E-state index contributed by atoms with van der Waals surface area (Å²) in [4.78, 5) is 5.29. The first-order valence-corrected chi connectivity index (χ1v) is 7.57. The van der Waals surface area contributed by atoms with Gasteiger partial charge in [-0.05, 0) is 52.4 Å². The van der Waals surface area contributed by atoms with E-state index in [1.165, 1.54) is 21.2 Å². The normalized spacial score (nSPS) is 10.8. The van der Waals surface area contributed by atoms with Gasteiger partial charge < -0.3 is 0 Å². The van der Waals surface area contributed by atoms with Crippen LogP contribution in [0.1, 0.15) is 0 Å². The van der Waals surface area contributed by atoms with Crippen LogP contribution in [0.5, 0.6) is 0 Å². The second-order valence-corrected chi connectivity index (χ2v) is 5.50.